The zero-order valence-electron chi connectivity index (χ0n) is 16.7. The van der Waals surface area contributed by atoms with Gasteiger partial charge in [-0.3, -0.25) is 4.68 Å². The maximum absolute atomic E-state index is 13.1. The van der Waals surface area contributed by atoms with Crippen LogP contribution < -0.4 is 5.32 Å². The molecule has 1 spiro atoms. The molecule has 5 nitrogen and oxygen atoms in total. The fraction of sp³-hybridized carbons (Fsp3) is 0.850. The first kappa shape index (κ1) is 21.2. The summed E-state index contributed by atoms with van der Waals surface area (Å²) in [5.74, 6) is 1.08. The largest absolute Gasteiger partial charge is 0.433 e. The smallest absolute Gasteiger partial charge is 0.316 e. The highest BCUT2D eigenvalue weighted by Crippen LogP contribution is 2.41. The predicted octanol–water partition coefficient (Wildman–Crippen LogP) is 4.07. The summed E-state index contributed by atoms with van der Waals surface area (Å²) < 4.78 is 62.2. The molecule has 2 saturated carbocycles. The van der Waals surface area contributed by atoms with E-state index in [4.69, 9.17) is 0 Å². The zero-order chi connectivity index (χ0) is 20.7. The minimum Gasteiger partial charge on any atom is -0.316 e. The molecule has 0 unspecified atom stereocenters. The van der Waals surface area contributed by atoms with E-state index in [1.807, 2.05) is 0 Å². The molecule has 2 aliphatic heterocycles. The summed E-state index contributed by atoms with van der Waals surface area (Å²) in [4.78, 5) is 0. The summed E-state index contributed by atoms with van der Waals surface area (Å²) in [5.41, 5.74) is 0.274. The van der Waals surface area contributed by atoms with Crippen molar-refractivity contribution in [3.63, 3.8) is 0 Å². The highest BCUT2D eigenvalue weighted by atomic mass is 32.2. The summed E-state index contributed by atoms with van der Waals surface area (Å²) in [5, 5.41) is 7.51. The lowest BCUT2D eigenvalue weighted by Crippen LogP contribution is -2.49. The second-order valence-electron chi connectivity index (χ2n) is 9.28. The average Bonchev–Trinajstić information content (AvgIpc) is 3.21. The third-order valence-electron chi connectivity index (χ3n) is 6.87. The molecule has 0 amide bonds. The summed E-state index contributed by atoms with van der Waals surface area (Å²) in [7, 11) is -2.61. The fourth-order valence-corrected chi connectivity index (χ4v) is 7.34. The Labute approximate surface area is 170 Å². The van der Waals surface area contributed by atoms with Gasteiger partial charge < -0.3 is 5.32 Å². The van der Waals surface area contributed by atoms with Gasteiger partial charge in [0.15, 0.2) is 9.84 Å². The summed E-state index contributed by atoms with van der Waals surface area (Å²) in [6.45, 7) is 1.90. The van der Waals surface area contributed by atoms with E-state index in [9.17, 15) is 21.6 Å². The van der Waals surface area contributed by atoms with Crippen molar-refractivity contribution in [2.75, 3.05) is 24.6 Å². The van der Waals surface area contributed by atoms with E-state index in [2.05, 4.69) is 10.4 Å². The van der Waals surface area contributed by atoms with Crippen LogP contribution in [0.5, 0.6) is 0 Å². The van der Waals surface area contributed by atoms with E-state index in [0.29, 0.717) is 17.2 Å². The topological polar surface area (TPSA) is 64.0 Å². The number of hydrogen-bond donors (Lipinski definition) is 1. The number of nitrogens with one attached hydrogen (secondary N) is 1. The van der Waals surface area contributed by atoms with Gasteiger partial charge in [0, 0.05) is 17.9 Å². The molecule has 164 valence electrons. The van der Waals surface area contributed by atoms with Gasteiger partial charge >= 0.3 is 6.18 Å². The molecule has 3 heterocycles. The quantitative estimate of drug-likeness (QED) is 0.764. The molecule has 2 saturated heterocycles. The number of hydrogen-bond acceptors (Lipinski definition) is 4. The van der Waals surface area contributed by atoms with Gasteiger partial charge in [-0.1, -0.05) is 19.3 Å². The van der Waals surface area contributed by atoms with Gasteiger partial charge in [0.25, 0.3) is 0 Å². The van der Waals surface area contributed by atoms with Crippen molar-refractivity contribution >= 4 is 9.84 Å². The number of halogens is 3. The van der Waals surface area contributed by atoms with Crippen molar-refractivity contribution in [1.29, 1.82) is 0 Å². The van der Waals surface area contributed by atoms with Crippen molar-refractivity contribution in [1.82, 2.24) is 15.1 Å². The SMILES string of the molecule is FC(F)(F)c1cc(C2CCCCC2)nn1C1CCC1.O=S1(=O)CC2(CCNC2)C1. The average molecular weight is 434 g/mol. The molecule has 1 aromatic heterocycles. The number of sulfone groups is 1. The second-order valence-corrected chi connectivity index (χ2v) is 11.3. The van der Waals surface area contributed by atoms with Crippen molar-refractivity contribution in [3.8, 4) is 0 Å². The van der Waals surface area contributed by atoms with E-state index in [1.54, 1.807) is 0 Å². The van der Waals surface area contributed by atoms with Gasteiger partial charge in [0.1, 0.15) is 5.69 Å². The number of rotatable bonds is 2. The van der Waals surface area contributed by atoms with Crippen LogP contribution in [-0.2, 0) is 16.0 Å². The molecular weight excluding hydrogens is 403 g/mol. The van der Waals surface area contributed by atoms with Gasteiger partial charge in [0.2, 0.25) is 0 Å². The zero-order valence-corrected chi connectivity index (χ0v) is 17.5. The molecule has 29 heavy (non-hydrogen) atoms. The molecule has 0 bridgehead atoms. The van der Waals surface area contributed by atoms with Crippen LogP contribution in [0.2, 0.25) is 0 Å². The highest BCUT2D eigenvalue weighted by molar-refractivity contribution is 7.92. The van der Waals surface area contributed by atoms with Crippen LogP contribution in [0, 0.1) is 5.41 Å². The summed E-state index contributed by atoms with van der Waals surface area (Å²) >= 11 is 0. The van der Waals surface area contributed by atoms with Crippen LogP contribution in [0.25, 0.3) is 0 Å². The van der Waals surface area contributed by atoms with E-state index < -0.39 is 21.7 Å². The van der Waals surface area contributed by atoms with Gasteiger partial charge in [-0.2, -0.15) is 18.3 Å². The van der Waals surface area contributed by atoms with Gasteiger partial charge in [-0.05, 0) is 51.1 Å². The Morgan fingerprint density at radius 3 is 2.24 bits per heavy atom. The van der Waals surface area contributed by atoms with Crippen LogP contribution in [0.4, 0.5) is 13.2 Å². The summed E-state index contributed by atoms with van der Waals surface area (Å²) in [6.07, 6.45) is 4.83. The van der Waals surface area contributed by atoms with Gasteiger partial charge in [-0.15, -0.1) is 0 Å². The third-order valence-corrected chi connectivity index (χ3v) is 8.98. The molecule has 4 fully saturated rings. The van der Waals surface area contributed by atoms with Crippen LogP contribution in [0.1, 0.15) is 81.1 Å². The molecule has 2 aliphatic carbocycles. The Bertz CT molecular complexity index is 805. The monoisotopic (exact) mass is 433 g/mol. The van der Waals surface area contributed by atoms with Crippen molar-refractivity contribution in [3.05, 3.63) is 17.5 Å². The Hall–Kier alpha value is -1.09. The lowest BCUT2D eigenvalue weighted by Gasteiger charge is -2.36. The van der Waals surface area contributed by atoms with Crippen LogP contribution >= 0.6 is 0 Å². The van der Waals surface area contributed by atoms with E-state index in [1.165, 1.54) is 17.2 Å². The normalized spacial score (nSPS) is 26.4. The second kappa shape index (κ2) is 7.87. The minimum absolute atomic E-state index is 0.0334. The summed E-state index contributed by atoms with van der Waals surface area (Å²) in [6, 6.07) is 1.27. The highest BCUT2D eigenvalue weighted by Gasteiger charge is 2.49. The maximum atomic E-state index is 13.1. The number of nitrogens with zero attached hydrogens (tertiary/aromatic N) is 2. The first-order valence-electron chi connectivity index (χ1n) is 10.8. The molecule has 1 N–H and O–H groups in total. The van der Waals surface area contributed by atoms with E-state index >= 15 is 0 Å². The maximum Gasteiger partial charge on any atom is 0.433 e. The van der Waals surface area contributed by atoms with Crippen LogP contribution in [0.15, 0.2) is 6.07 Å². The Balaban J connectivity index is 0.000000171. The first-order chi connectivity index (χ1) is 13.7. The van der Waals surface area contributed by atoms with E-state index in [0.717, 1.165) is 64.5 Å². The predicted molar refractivity (Wildman–Crippen MR) is 105 cm³/mol. The Kier molecular flexibility index (Phi) is 5.74. The van der Waals surface area contributed by atoms with Crippen molar-refractivity contribution in [2.45, 2.75) is 75.9 Å². The molecule has 1 aromatic rings. The number of aromatic nitrogens is 2. The van der Waals surface area contributed by atoms with Gasteiger partial charge in [-0.25, -0.2) is 8.42 Å². The number of alkyl halides is 3. The molecule has 4 aliphatic rings. The first-order valence-corrected chi connectivity index (χ1v) is 12.6. The molecule has 0 radical (unpaired) electrons. The van der Waals surface area contributed by atoms with E-state index in [-0.39, 0.29) is 17.4 Å². The van der Waals surface area contributed by atoms with Gasteiger partial charge in [0.05, 0.1) is 23.2 Å². The molecular formula is C20H30F3N3O2S. The Morgan fingerprint density at radius 1 is 1.07 bits per heavy atom. The third kappa shape index (κ3) is 4.65. The molecule has 0 aromatic carbocycles. The van der Waals surface area contributed by atoms with Crippen LogP contribution in [-0.4, -0.2) is 42.8 Å². The fourth-order valence-electron chi connectivity index (χ4n) is 5.07. The molecule has 9 heteroatoms. The lowest BCUT2D eigenvalue weighted by molar-refractivity contribution is -0.145. The standard InChI is InChI=1S/C14H19F3N2.C6H11NO2S/c15-14(16,17)13-9-12(10-5-2-1-3-6-10)18-19(13)11-7-4-8-11;8-10(9)4-6(5-10)1-2-7-3-6/h9-11H,1-8H2;7H,1-5H2. The lowest BCUT2D eigenvalue weighted by atomic mass is 9.87. The van der Waals surface area contributed by atoms with Crippen molar-refractivity contribution < 1.29 is 21.6 Å². The Morgan fingerprint density at radius 2 is 1.76 bits per heavy atom. The molecule has 5 rings (SSSR count). The van der Waals surface area contributed by atoms with Crippen molar-refractivity contribution in [2.24, 2.45) is 5.41 Å². The van der Waals surface area contributed by atoms with Crippen LogP contribution in [0.3, 0.4) is 0 Å². The minimum atomic E-state index is -4.28. The molecule has 0 atom stereocenters.